The molecule has 0 unspecified atom stereocenters. The van der Waals surface area contributed by atoms with E-state index in [9.17, 15) is 24.0 Å². The van der Waals surface area contributed by atoms with Crippen molar-refractivity contribution in [3.05, 3.63) is 286 Å². The van der Waals surface area contributed by atoms with E-state index in [1.807, 2.05) is 141 Å². The van der Waals surface area contributed by atoms with Crippen molar-refractivity contribution in [1.29, 1.82) is 0 Å². The van der Waals surface area contributed by atoms with E-state index in [0.29, 0.717) is 67.9 Å². The van der Waals surface area contributed by atoms with E-state index < -0.39 is 23.3 Å². The maximum Gasteiger partial charge on any atom is 0.330 e. The molecule has 0 N–H and O–H groups in total. The van der Waals surface area contributed by atoms with Crippen molar-refractivity contribution in [2.45, 2.75) is 72.2 Å². The highest BCUT2D eigenvalue weighted by molar-refractivity contribution is 6.09. The highest BCUT2D eigenvalue weighted by Crippen LogP contribution is 2.39. The van der Waals surface area contributed by atoms with Crippen LogP contribution < -0.4 is 18.9 Å². The smallest absolute Gasteiger partial charge is 0.330 e. The second kappa shape index (κ2) is 28.1. The molecule has 0 saturated heterocycles. The molecule has 8 aromatic rings. The van der Waals surface area contributed by atoms with Gasteiger partial charge in [0, 0.05) is 68.0 Å². The number of esters is 3. The lowest BCUT2D eigenvalue weighted by molar-refractivity contribution is -0.139. The monoisotopic (exact) mass is 1120 g/mol. The minimum Gasteiger partial charge on any atom is -0.496 e. The average Bonchev–Trinajstić information content (AvgIpc) is 3.07. The van der Waals surface area contributed by atoms with Crippen molar-refractivity contribution in [3.8, 4) is 34.5 Å². The molecule has 0 aliphatic rings. The summed E-state index contributed by atoms with van der Waals surface area (Å²) in [5.74, 6) is 1.95. The van der Waals surface area contributed by atoms with Crippen molar-refractivity contribution >= 4 is 29.5 Å². The van der Waals surface area contributed by atoms with E-state index in [-0.39, 0.29) is 36.8 Å². The summed E-state index contributed by atoms with van der Waals surface area (Å²) in [6.45, 7) is 22.8. The average molecular weight is 1130 g/mol. The van der Waals surface area contributed by atoms with Gasteiger partial charge in [0.2, 0.25) is 0 Å². The molecule has 0 fully saturated rings. The van der Waals surface area contributed by atoms with E-state index in [0.717, 1.165) is 57.2 Å². The number of aryl methyl sites for hydroxylation is 2. The van der Waals surface area contributed by atoms with Gasteiger partial charge >= 0.3 is 17.9 Å². The second-order valence-corrected chi connectivity index (χ2v) is 20.7. The van der Waals surface area contributed by atoms with Gasteiger partial charge in [-0.15, -0.1) is 0 Å². The van der Waals surface area contributed by atoms with Crippen molar-refractivity contribution in [1.82, 2.24) is 0 Å². The van der Waals surface area contributed by atoms with Crippen molar-refractivity contribution < 1.29 is 57.1 Å². The molecule has 8 rings (SSSR count). The number of ether oxygens (including phenoxy) is 7. The van der Waals surface area contributed by atoms with Crippen molar-refractivity contribution in [2.24, 2.45) is 0 Å². The number of hydrogen-bond donors (Lipinski definition) is 0. The van der Waals surface area contributed by atoms with Crippen LogP contribution in [-0.2, 0) is 59.2 Å². The standard InChI is InChI=1S/C38H36O7.C34H32O5/c1-7-35(39)43-23-28-21-30(15-19-33(28)42-6)38(4,5)31-16-20-34(29(22-31)24-44-36(40)8-2)45-32-17-13-27(14-18-32)37(41)26-11-9-25(3)10-12-26;1-6-32(35)38-22-26-21-28(15-20-31(26)37-5)34(3,4)27-13-18-30(19-14-27)39-29-16-11-25(12-17-29)33(36)24-9-7-23(2)8-10-24/h7-22H,1-2,23-24H2,3-6H3;6-21H,1,22H2,2-5H3. The molecule has 12 nitrogen and oxygen atoms in total. The fraction of sp³-hybridized carbons (Fsp3) is 0.181. The van der Waals surface area contributed by atoms with Gasteiger partial charge in [-0.1, -0.05) is 137 Å². The second-order valence-electron chi connectivity index (χ2n) is 20.7. The molecule has 0 spiro atoms. The van der Waals surface area contributed by atoms with E-state index >= 15 is 0 Å². The zero-order valence-electron chi connectivity index (χ0n) is 48.6. The molecule has 428 valence electrons. The predicted molar refractivity (Wildman–Crippen MR) is 325 cm³/mol. The normalized spacial score (nSPS) is 10.9. The van der Waals surface area contributed by atoms with Crippen LogP contribution in [-0.4, -0.2) is 43.7 Å². The molecule has 0 aliphatic carbocycles. The van der Waals surface area contributed by atoms with Crippen LogP contribution in [0.25, 0.3) is 0 Å². The Bertz CT molecular complexity index is 3670. The molecule has 0 aromatic heterocycles. The maximum atomic E-state index is 12.9. The predicted octanol–water partition coefficient (Wildman–Crippen LogP) is 15.4. The Morgan fingerprint density at radius 1 is 0.369 bits per heavy atom. The van der Waals surface area contributed by atoms with Crippen LogP contribution in [0.4, 0.5) is 0 Å². The van der Waals surface area contributed by atoms with Crippen LogP contribution in [0.2, 0.25) is 0 Å². The van der Waals surface area contributed by atoms with Gasteiger partial charge in [-0.2, -0.15) is 0 Å². The number of rotatable bonds is 23. The first-order chi connectivity index (χ1) is 40.3. The number of ketones is 2. The molecule has 84 heavy (non-hydrogen) atoms. The van der Waals surface area contributed by atoms with Gasteiger partial charge < -0.3 is 33.2 Å². The van der Waals surface area contributed by atoms with Crippen molar-refractivity contribution in [3.63, 3.8) is 0 Å². The summed E-state index contributed by atoms with van der Waals surface area (Å²) in [4.78, 5) is 60.9. The maximum absolute atomic E-state index is 12.9. The Morgan fingerprint density at radius 3 is 0.976 bits per heavy atom. The Hall–Kier alpha value is -10.1. The quantitative estimate of drug-likeness (QED) is 0.0260. The largest absolute Gasteiger partial charge is 0.496 e. The van der Waals surface area contributed by atoms with E-state index in [1.165, 1.54) is 0 Å². The summed E-state index contributed by atoms with van der Waals surface area (Å²) in [5.41, 5.74) is 9.93. The number of benzene rings is 8. The molecule has 0 amide bonds. The zero-order valence-corrected chi connectivity index (χ0v) is 48.6. The van der Waals surface area contributed by atoms with Crippen LogP contribution in [0.5, 0.6) is 34.5 Å². The minimum absolute atomic E-state index is 0.0197. The summed E-state index contributed by atoms with van der Waals surface area (Å²) in [7, 11) is 3.15. The molecular formula is C72H68O12. The van der Waals surface area contributed by atoms with Crippen LogP contribution >= 0.6 is 0 Å². The minimum atomic E-state index is -0.557. The van der Waals surface area contributed by atoms with Gasteiger partial charge in [-0.05, 0) is 133 Å². The third kappa shape index (κ3) is 15.7. The van der Waals surface area contributed by atoms with E-state index in [1.54, 1.807) is 62.8 Å². The fourth-order valence-electron chi connectivity index (χ4n) is 8.99. The topological polar surface area (TPSA) is 150 Å². The Balaban J connectivity index is 0.000000243. The van der Waals surface area contributed by atoms with Gasteiger partial charge in [-0.3, -0.25) is 9.59 Å². The van der Waals surface area contributed by atoms with E-state index in [4.69, 9.17) is 33.2 Å². The molecule has 0 atom stereocenters. The molecule has 0 radical (unpaired) electrons. The SMILES string of the molecule is C=CC(=O)OCc1cc(C(C)(C)c2ccc(Oc3ccc(C(=O)c4ccc(C)cc4)cc3)c(COC(=O)C=C)c2)ccc1OC.C=CC(=O)OCc1cc(C(C)(C)c2ccc(Oc3ccc(C(=O)c4ccc(C)cc4)cc3)cc2)ccc1OC. The summed E-state index contributed by atoms with van der Waals surface area (Å²) in [6, 6.07) is 54.3. The molecule has 0 aliphatic heterocycles. The first-order valence-electron chi connectivity index (χ1n) is 27.0. The third-order valence-electron chi connectivity index (χ3n) is 14.3. The van der Waals surface area contributed by atoms with Crippen molar-refractivity contribution in [2.75, 3.05) is 14.2 Å². The molecule has 0 bridgehead atoms. The lowest BCUT2D eigenvalue weighted by Crippen LogP contribution is -2.20. The summed E-state index contributed by atoms with van der Waals surface area (Å²) in [5, 5.41) is 0. The Labute approximate surface area is 491 Å². The van der Waals surface area contributed by atoms with E-state index in [2.05, 4.69) is 47.4 Å². The van der Waals surface area contributed by atoms with Crippen LogP contribution in [0.1, 0.15) is 110 Å². The Kier molecular flexibility index (Phi) is 20.6. The van der Waals surface area contributed by atoms with Gasteiger partial charge in [0.25, 0.3) is 0 Å². The lowest BCUT2D eigenvalue weighted by Gasteiger charge is -2.28. The summed E-state index contributed by atoms with van der Waals surface area (Å²) >= 11 is 0. The van der Waals surface area contributed by atoms with Gasteiger partial charge in [0.15, 0.2) is 11.6 Å². The molecular weight excluding hydrogens is 1060 g/mol. The van der Waals surface area contributed by atoms with Gasteiger partial charge in [-0.25, -0.2) is 14.4 Å². The molecule has 0 heterocycles. The zero-order chi connectivity index (χ0) is 60.6. The molecule has 12 heteroatoms. The number of carbonyl (C=O) groups excluding carboxylic acids is 5. The fourth-order valence-corrected chi connectivity index (χ4v) is 8.99. The number of hydrogen-bond acceptors (Lipinski definition) is 12. The molecule has 0 saturated carbocycles. The highest BCUT2D eigenvalue weighted by Gasteiger charge is 2.27. The molecule has 8 aromatic carbocycles. The first-order valence-corrected chi connectivity index (χ1v) is 27.0. The van der Waals surface area contributed by atoms with Crippen LogP contribution in [0.3, 0.4) is 0 Å². The lowest BCUT2D eigenvalue weighted by atomic mass is 9.77. The van der Waals surface area contributed by atoms with Gasteiger partial charge in [0.05, 0.1) is 14.2 Å². The first kappa shape index (κ1) is 61.5. The number of methoxy groups -OCH3 is 2. The van der Waals surface area contributed by atoms with Crippen LogP contribution in [0, 0.1) is 13.8 Å². The summed E-state index contributed by atoms with van der Waals surface area (Å²) < 4.78 is 39.1. The Morgan fingerprint density at radius 2 is 0.643 bits per heavy atom. The number of carbonyl (C=O) groups is 5. The highest BCUT2D eigenvalue weighted by atomic mass is 16.5. The summed E-state index contributed by atoms with van der Waals surface area (Å²) in [6.07, 6.45) is 3.36. The third-order valence-corrected chi connectivity index (χ3v) is 14.3. The van der Waals surface area contributed by atoms with Gasteiger partial charge in [0.1, 0.15) is 54.3 Å². The van der Waals surface area contributed by atoms with Crippen LogP contribution in [0.15, 0.2) is 214 Å².